The highest BCUT2D eigenvalue weighted by molar-refractivity contribution is 7.17. The number of phenolic OH excluding ortho intramolecular Hbond substituents is 1. The zero-order chi connectivity index (χ0) is 21.3. The fourth-order valence-corrected chi connectivity index (χ4v) is 4.20. The maximum absolute atomic E-state index is 12.8. The summed E-state index contributed by atoms with van der Waals surface area (Å²) in [5.74, 6) is 0.374. The van der Waals surface area contributed by atoms with Crippen molar-refractivity contribution in [2.75, 3.05) is 5.32 Å². The highest BCUT2D eigenvalue weighted by atomic mass is 32.1. The maximum atomic E-state index is 12.8. The van der Waals surface area contributed by atoms with Crippen molar-refractivity contribution in [3.05, 3.63) is 76.6 Å². The third-order valence-electron chi connectivity index (χ3n) is 4.63. The Morgan fingerprint density at radius 1 is 1.03 bits per heavy atom. The molecule has 0 aliphatic heterocycles. The van der Waals surface area contributed by atoms with E-state index in [4.69, 9.17) is 0 Å². The van der Waals surface area contributed by atoms with Gasteiger partial charge in [0.1, 0.15) is 15.6 Å². The number of hydrogen-bond donors (Lipinski definition) is 2. The number of hydrogen-bond acceptors (Lipinski definition) is 6. The molecule has 4 aromatic rings. The molecule has 1 amide bonds. The summed E-state index contributed by atoms with van der Waals surface area (Å²) in [6.45, 7) is 5.93. The molecule has 0 unspecified atom stereocenters. The molecule has 0 aliphatic carbocycles. The van der Waals surface area contributed by atoms with Gasteiger partial charge in [0.15, 0.2) is 5.82 Å². The molecule has 150 valence electrons. The molecule has 4 rings (SSSR count). The van der Waals surface area contributed by atoms with Gasteiger partial charge < -0.3 is 10.4 Å². The lowest BCUT2D eigenvalue weighted by Gasteiger charge is -2.05. The fraction of sp³-hybridized carbons (Fsp3) is 0.130. The summed E-state index contributed by atoms with van der Waals surface area (Å²) in [5, 5.41) is 13.3. The largest absolute Gasteiger partial charge is 0.508 e. The highest BCUT2D eigenvalue weighted by Crippen LogP contribution is 2.31. The van der Waals surface area contributed by atoms with Gasteiger partial charge in [-0.15, -0.1) is 11.3 Å². The Bertz CT molecular complexity index is 1230. The van der Waals surface area contributed by atoms with E-state index in [0.717, 1.165) is 16.1 Å². The Labute approximate surface area is 178 Å². The minimum Gasteiger partial charge on any atom is -0.508 e. The minimum absolute atomic E-state index is 0.147. The number of amides is 1. The number of phenols is 1. The Balaban J connectivity index is 1.53. The number of carbonyl (C=O) groups is 1. The number of anilines is 1. The molecule has 0 saturated carbocycles. The molecular formula is C23H20N4O2S. The van der Waals surface area contributed by atoms with Crippen molar-refractivity contribution in [3.8, 4) is 27.7 Å². The van der Waals surface area contributed by atoms with Crippen LogP contribution in [0.15, 0.2) is 54.9 Å². The molecule has 0 saturated heterocycles. The van der Waals surface area contributed by atoms with Crippen molar-refractivity contribution in [2.45, 2.75) is 20.8 Å². The topological polar surface area (TPSA) is 88.0 Å². The summed E-state index contributed by atoms with van der Waals surface area (Å²) in [7, 11) is 0. The number of aryl methyl sites for hydroxylation is 3. The van der Waals surface area contributed by atoms with Gasteiger partial charge in [-0.2, -0.15) is 0 Å². The van der Waals surface area contributed by atoms with Crippen LogP contribution in [0.25, 0.3) is 22.0 Å². The predicted octanol–water partition coefficient (Wildman–Crippen LogP) is 5.15. The molecule has 0 fully saturated rings. The third kappa shape index (κ3) is 4.06. The number of nitrogens with one attached hydrogen (secondary N) is 1. The molecule has 2 heterocycles. The number of aromatic hydroxyl groups is 1. The fourth-order valence-electron chi connectivity index (χ4n) is 3.15. The van der Waals surface area contributed by atoms with E-state index in [1.165, 1.54) is 16.9 Å². The van der Waals surface area contributed by atoms with E-state index in [2.05, 4.69) is 33.3 Å². The van der Waals surface area contributed by atoms with Gasteiger partial charge in [-0.25, -0.2) is 15.0 Å². The van der Waals surface area contributed by atoms with E-state index in [-0.39, 0.29) is 11.7 Å². The van der Waals surface area contributed by atoms with Gasteiger partial charge in [-0.3, -0.25) is 4.79 Å². The summed E-state index contributed by atoms with van der Waals surface area (Å²) in [4.78, 5) is 26.5. The molecule has 0 bridgehead atoms. The molecule has 0 aliphatic rings. The van der Waals surface area contributed by atoms with E-state index in [1.807, 2.05) is 32.0 Å². The highest BCUT2D eigenvalue weighted by Gasteiger charge is 2.18. The molecule has 0 atom stereocenters. The van der Waals surface area contributed by atoms with Gasteiger partial charge in [-0.1, -0.05) is 35.9 Å². The average molecular weight is 417 g/mol. The molecule has 0 radical (unpaired) electrons. The standard InChI is InChI=1S/C23H20N4O2S/c1-13-7-8-19(14(2)9-13)23-26-15(3)20(30-23)22(29)27-17-11-24-21(25-12-17)16-5-4-6-18(28)10-16/h4-12,28H,1-3H3,(H,27,29). The van der Waals surface area contributed by atoms with E-state index < -0.39 is 0 Å². The first kappa shape index (κ1) is 19.7. The van der Waals surface area contributed by atoms with Gasteiger partial charge in [0.05, 0.1) is 23.8 Å². The van der Waals surface area contributed by atoms with Crippen molar-refractivity contribution < 1.29 is 9.90 Å². The summed E-state index contributed by atoms with van der Waals surface area (Å²) >= 11 is 1.37. The number of benzene rings is 2. The van der Waals surface area contributed by atoms with Crippen LogP contribution >= 0.6 is 11.3 Å². The van der Waals surface area contributed by atoms with Crippen LogP contribution in [0, 0.1) is 20.8 Å². The Morgan fingerprint density at radius 3 is 2.50 bits per heavy atom. The van der Waals surface area contributed by atoms with E-state index in [1.54, 1.807) is 30.6 Å². The van der Waals surface area contributed by atoms with Crippen LogP contribution in [-0.4, -0.2) is 26.0 Å². The summed E-state index contributed by atoms with van der Waals surface area (Å²) in [5.41, 5.74) is 5.23. The molecule has 7 heteroatoms. The van der Waals surface area contributed by atoms with E-state index in [9.17, 15) is 9.90 Å². The second kappa shape index (κ2) is 8.04. The molecule has 30 heavy (non-hydrogen) atoms. The zero-order valence-corrected chi connectivity index (χ0v) is 17.6. The predicted molar refractivity (Wildman–Crippen MR) is 119 cm³/mol. The van der Waals surface area contributed by atoms with Gasteiger partial charge in [-0.05, 0) is 38.5 Å². The molecule has 2 aromatic heterocycles. The second-order valence-electron chi connectivity index (χ2n) is 7.05. The number of aromatic nitrogens is 3. The van der Waals surface area contributed by atoms with Crippen molar-refractivity contribution in [1.82, 2.24) is 15.0 Å². The average Bonchev–Trinajstić information content (AvgIpc) is 3.10. The van der Waals surface area contributed by atoms with Crippen LogP contribution in [0.5, 0.6) is 5.75 Å². The third-order valence-corrected chi connectivity index (χ3v) is 5.82. The lowest BCUT2D eigenvalue weighted by atomic mass is 10.1. The van der Waals surface area contributed by atoms with E-state index >= 15 is 0 Å². The van der Waals surface area contributed by atoms with Crippen LogP contribution in [-0.2, 0) is 0 Å². The van der Waals surface area contributed by atoms with Crippen molar-refractivity contribution in [1.29, 1.82) is 0 Å². The van der Waals surface area contributed by atoms with Crippen molar-refractivity contribution in [3.63, 3.8) is 0 Å². The SMILES string of the molecule is Cc1ccc(-c2nc(C)c(C(=O)Nc3cnc(-c4cccc(O)c4)nc3)s2)c(C)c1. The summed E-state index contributed by atoms with van der Waals surface area (Å²) in [6.07, 6.45) is 3.09. The lowest BCUT2D eigenvalue weighted by Crippen LogP contribution is -2.12. The molecule has 0 spiro atoms. The molecule has 2 aromatic carbocycles. The van der Waals surface area contributed by atoms with Crippen LogP contribution < -0.4 is 5.32 Å². The summed E-state index contributed by atoms with van der Waals surface area (Å²) in [6, 6.07) is 12.9. The number of nitrogens with zero attached hydrogens (tertiary/aromatic N) is 3. The van der Waals surface area contributed by atoms with Crippen LogP contribution in [0.1, 0.15) is 26.5 Å². The van der Waals surface area contributed by atoms with Crippen molar-refractivity contribution >= 4 is 22.9 Å². The number of rotatable bonds is 4. The Hall–Kier alpha value is -3.58. The summed E-state index contributed by atoms with van der Waals surface area (Å²) < 4.78 is 0. The van der Waals surface area contributed by atoms with Crippen LogP contribution in [0.4, 0.5) is 5.69 Å². The first-order valence-corrected chi connectivity index (χ1v) is 10.2. The van der Waals surface area contributed by atoms with Crippen LogP contribution in [0.3, 0.4) is 0 Å². The van der Waals surface area contributed by atoms with Gasteiger partial charge in [0, 0.05) is 11.1 Å². The normalized spacial score (nSPS) is 10.8. The first-order valence-electron chi connectivity index (χ1n) is 9.38. The lowest BCUT2D eigenvalue weighted by molar-refractivity contribution is 0.102. The number of thiazole rings is 1. The minimum atomic E-state index is -0.241. The molecular weight excluding hydrogens is 396 g/mol. The number of carbonyl (C=O) groups excluding carboxylic acids is 1. The molecule has 6 nitrogen and oxygen atoms in total. The smallest absolute Gasteiger partial charge is 0.267 e. The van der Waals surface area contributed by atoms with Gasteiger partial charge >= 0.3 is 0 Å². The van der Waals surface area contributed by atoms with Crippen LogP contribution in [0.2, 0.25) is 0 Å². The van der Waals surface area contributed by atoms with E-state index in [0.29, 0.717) is 27.6 Å². The maximum Gasteiger partial charge on any atom is 0.267 e. The van der Waals surface area contributed by atoms with Gasteiger partial charge in [0.25, 0.3) is 5.91 Å². The second-order valence-corrected chi connectivity index (χ2v) is 8.05. The quantitative estimate of drug-likeness (QED) is 0.480. The Morgan fingerprint density at radius 2 is 1.80 bits per heavy atom. The van der Waals surface area contributed by atoms with Crippen molar-refractivity contribution in [2.24, 2.45) is 0 Å². The monoisotopic (exact) mass is 416 g/mol. The molecule has 2 N–H and O–H groups in total. The zero-order valence-electron chi connectivity index (χ0n) is 16.8. The Kier molecular flexibility index (Phi) is 5.29. The van der Waals surface area contributed by atoms with Gasteiger partial charge in [0.2, 0.25) is 0 Å². The first-order chi connectivity index (χ1) is 14.4.